The smallest absolute Gasteiger partial charge is 0.393 e. The molecule has 0 radical (unpaired) electrons. The number of hydrogen-bond acceptors (Lipinski definition) is 3. The Bertz CT molecular complexity index is 864. The lowest BCUT2D eigenvalue weighted by Gasteiger charge is -2.25. The van der Waals surface area contributed by atoms with Crippen molar-refractivity contribution in [1.82, 2.24) is 0 Å². The van der Waals surface area contributed by atoms with Crippen LogP contribution in [0.4, 0.5) is 23.2 Å². The Labute approximate surface area is 158 Å². The van der Waals surface area contributed by atoms with Crippen molar-refractivity contribution in [3.05, 3.63) is 66.5 Å². The van der Waals surface area contributed by atoms with E-state index in [0.29, 0.717) is 11.4 Å². The summed E-state index contributed by atoms with van der Waals surface area (Å²) >= 11 is 0. The Balaban J connectivity index is 1.79. The van der Waals surface area contributed by atoms with E-state index in [9.17, 15) is 22.4 Å². The molecule has 8 heteroatoms. The van der Waals surface area contributed by atoms with Crippen molar-refractivity contribution in [3.8, 4) is 11.5 Å². The Morgan fingerprint density at radius 3 is 2.43 bits per heavy atom. The fourth-order valence-corrected chi connectivity index (χ4v) is 3.14. The third-order valence-corrected chi connectivity index (χ3v) is 4.50. The molecule has 0 aromatic heterocycles. The Morgan fingerprint density at radius 1 is 1.14 bits per heavy atom. The summed E-state index contributed by atoms with van der Waals surface area (Å²) in [6.45, 7) is -0.272. The topological polar surface area (TPSA) is 49.8 Å². The molecule has 1 saturated heterocycles. The van der Waals surface area contributed by atoms with Crippen LogP contribution in [0.1, 0.15) is 6.42 Å². The van der Waals surface area contributed by atoms with E-state index in [0.717, 1.165) is 6.08 Å². The van der Waals surface area contributed by atoms with Crippen molar-refractivity contribution in [2.24, 2.45) is 5.92 Å². The maximum Gasteiger partial charge on any atom is 0.393 e. The normalized spacial score (nSPS) is 19.9. The largest absolute Gasteiger partial charge is 0.478 e. The summed E-state index contributed by atoms with van der Waals surface area (Å²) in [7, 11) is 0. The minimum absolute atomic E-state index is 0.0378. The molecule has 3 rings (SSSR count). The third-order valence-electron chi connectivity index (χ3n) is 4.50. The highest BCUT2D eigenvalue weighted by Gasteiger charge is 2.46. The first kappa shape index (κ1) is 19.7. The molecule has 1 N–H and O–H groups in total. The summed E-state index contributed by atoms with van der Waals surface area (Å²) < 4.78 is 58.5. The molecule has 28 heavy (non-hydrogen) atoms. The molecule has 0 aliphatic carbocycles. The molecule has 1 heterocycles. The van der Waals surface area contributed by atoms with E-state index < -0.39 is 29.9 Å². The number of nitrogens with zero attached hydrogens (tertiary/aromatic N) is 1. The summed E-state index contributed by atoms with van der Waals surface area (Å²) in [5.74, 6) is -2.93. The number of benzene rings is 2. The Morgan fingerprint density at radius 2 is 1.82 bits per heavy atom. The van der Waals surface area contributed by atoms with Crippen LogP contribution in [0.3, 0.4) is 0 Å². The first-order valence-electron chi connectivity index (χ1n) is 8.51. The van der Waals surface area contributed by atoms with E-state index in [-0.39, 0.29) is 18.7 Å². The first-order chi connectivity index (χ1) is 13.2. The van der Waals surface area contributed by atoms with Gasteiger partial charge in [0.05, 0.1) is 5.92 Å². The molecule has 0 saturated carbocycles. The lowest BCUT2D eigenvalue weighted by atomic mass is 10.1. The van der Waals surface area contributed by atoms with Gasteiger partial charge in [-0.05, 0) is 42.8 Å². The molecule has 2 unspecified atom stereocenters. The van der Waals surface area contributed by atoms with Crippen LogP contribution < -0.4 is 9.64 Å². The summed E-state index contributed by atoms with van der Waals surface area (Å²) in [5.41, 5.74) is 0.493. The minimum Gasteiger partial charge on any atom is -0.478 e. The maximum absolute atomic E-state index is 13.7. The van der Waals surface area contributed by atoms with E-state index in [1.807, 2.05) is 0 Å². The van der Waals surface area contributed by atoms with Crippen LogP contribution in [0.2, 0.25) is 0 Å². The summed E-state index contributed by atoms with van der Waals surface area (Å²) in [4.78, 5) is 12.3. The first-order valence-corrected chi connectivity index (χ1v) is 8.51. The van der Waals surface area contributed by atoms with Crippen LogP contribution in [0, 0.1) is 11.7 Å². The molecule has 1 aliphatic heterocycles. The molecule has 0 amide bonds. The average Bonchev–Trinajstić information content (AvgIpc) is 3.07. The molecule has 0 bridgehead atoms. The van der Waals surface area contributed by atoms with Crippen molar-refractivity contribution in [3.63, 3.8) is 0 Å². The molecule has 2 aromatic carbocycles. The number of anilines is 1. The zero-order valence-electron chi connectivity index (χ0n) is 14.6. The monoisotopic (exact) mass is 395 g/mol. The van der Waals surface area contributed by atoms with Crippen LogP contribution in [0.15, 0.2) is 60.7 Å². The van der Waals surface area contributed by atoms with Gasteiger partial charge in [-0.3, -0.25) is 0 Å². The highest BCUT2D eigenvalue weighted by Crippen LogP contribution is 2.39. The van der Waals surface area contributed by atoms with E-state index >= 15 is 0 Å². The van der Waals surface area contributed by atoms with E-state index in [1.165, 1.54) is 41.3 Å². The molecular formula is C20H17F4NO3. The molecule has 2 atom stereocenters. The molecular weight excluding hydrogens is 378 g/mol. The summed E-state index contributed by atoms with van der Waals surface area (Å²) in [6, 6.07) is 11.4. The fraction of sp³-hybridized carbons (Fsp3) is 0.250. The zero-order chi connectivity index (χ0) is 20.3. The van der Waals surface area contributed by atoms with Crippen LogP contribution in [0.25, 0.3) is 0 Å². The van der Waals surface area contributed by atoms with E-state index in [2.05, 4.69) is 0 Å². The molecule has 4 nitrogen and oxygen atoms in total. The third kappa shape index (κ3) is 4.62. The highest BCUT2D eigenvalue weighted by atomic mass is 19.4. The number of para-hydroxylation sites is 1. The van der Waals surface area contributed by atoms with Crippen LogP contribution in [0.5, 0.6) is 11.5 Å². The van der Waals surface area contributed by atoms with Gasteiger partial charge < -0.3 is 14.7 Å². The van der Waals surface area contributed by atoms with Crippen molar-refractivity contribution in [1.29, 1.82) is 0 Å². The van der Waals surface area contributed by atoms with Gasteiger partial charge in [0.2, 0.25) is 0 Å². The predicted molar refractivity (Wildman–Crippen MR) is 95.0 cm³/mol. The number of halogens is 4. The quantitative estimate of drug-likeness (QED) is 0.571. The Kier molecular flexibility index (Phi) is 5.58. The number of alkyl halides is 3. The molecule has 1 fully saturated rings. The molecule has 1 aliphatic rings. The van der Waals surface area contributed by atoms with Crippen molar-refractivity contribution >= 4 is 11.7 Å². The zero-order valence-corrected chi connectivity index (χ0v) is 14.6. The van der Waals surface area contributed by atoms with Crippen LogP contribution in [-0.2, 0) is 4.79 Å². The van der Waals surface area contributed by atoms with E-state index in [1.54, 1.807) is 18.2 Å². The molecule has 0 spiro atoms. The number of hydrogen-bond donors (Lipinski definition) is 1. The van der Waals surface area contributed by atoms with Gasteiger partial charge in [-0.2, -0.15) is 13.2 Å². The van der Waals surface area contributed by atoms with Gasteiger partial charge in [0.1, 0.15) is 5.75 Å². The summed E-state index contributed by atoms with van der Waals surface area (Å²) in [6.07, 6.45) is -2.47. The second-order valence-corrected chi connectivity index (χ2v) is 6.42. The van der Waals surface area contributed by atoms with Gasteiger partial charge in [0.25, 0.3) is 0 Å². The number of rotatable bonds is 5. The highest BCUT2D eigenvalue weighted by molar-refractivity contribution is 5.80. The SMILES string of the molecule is O=C(O)C=CC1CC(C(F)(F)F)CN1c1ccc(Oc2ccccc2F)cc1. The average molecular weight is 395 g/mol. The number of carboxylic acids is 1. The lowest BCUT2D eigenvalue weighted by Crippen LogP contribution is -2.29. The van der Waals surface area contributed by atoms with Crippen LogP contribution >= 0.6 is 0 Å². The van der Waals surface area contributed by atoms with Gasteiger partial charge in [0.15, 0.2) is 11.6 Å². The summed E-state index contributed by atoms with van der Waals surface area (Å²) in [5, 5.41) is 8.78. The van der Waals surface area contributed by atoms with E-state index in [4.69, 9.17) is 9.84 Å². The van der Waals surface area contributed by atoms with Gasteiger partial charge in [-0.1, -0.05) is 18.2 Å². The fourth-order valence-electron chi connectivity index (χ4n) is 3.14. The van der Waals surface area contributed by atoms with Crippen molar-refractivity contribution in [2.45, 2.75) is 18.6 Å². The van der Waals surface area contributed by atoms with Crippen LogP contribution in [-0.4, -0.2) is 29.8 Å². The van der Waals surface area contributed by atoms with Gasteiger partial charge in [0, 0.05) is 24.4 Å². The predicted octanol–water partition coefficient (Wildman–Crippen LogP) is 5.02. The van der Waals surface area contributed by atoms with Crippen molar-refractivity contribution < 1.29 is 32.2 Å². The van der Waals surface area contributed by atoms with Gasteiger partial charge in [-0.15, -0.1) is 0 Å². The number of aliphatic carboxylic acids is 1. The van der Waals surface area contributed by atoms with Gasteiger partial charge >= 0.3 is 12.1 Å². The number of carbonyl (C=O) groups is 1. The number of ether oxygens (including phenoxy) is 1. The number of carboxylic acid groups (broad SMARTS) is 1. The lowest BCUT2D eigenvalue weighted by molar-refractivity contribution is -0.168. The van der Waals surface area contributed by atoms with Gasteiger partial charge in [-0.25, -0.2) is 9.18 Å². The molecule has 2 aromatic rings. The minimum atomic E-state index is -4.36. The second-order valence-electron chi connectivity index (χ2n) is 6.42. The van der Waals surface area contributed by atoms with Crippen molar-refractivity contribution in [2.75, 3.05) is 11.4 Å². The standard InChI is InChI=1S/C20H17F4NO3/c21-17-3-1-2-4-18(17)28-16-8-5-14(6-9-16)25-12-13(20(22,23)24)11-15(25)7-10-19(26)27/h1-10,13,15H,11-12H2,(H,26,27). The maximum atomic E-state index is 13.7. The second kappa shape index (κ2) is 7.92. The Hall–Kier alpha value is -3.03. The molecule has 148 valence electrons.